The van der Waals surface area contributed by atoms with E-state index >= 15 is 0 Å². The Morgan fingerprint density at radius 1 is 1.00 bits per heavy atom. The van der Waals surface area contributed by atoms with Crippen LogP contribution in [0.3, 0.4) is 0 Å². The van der Waals surface area contributed by atoms with Crippen LogP contribution in [0, 0.1) is 0 Å². The topological polar surface area (TPSA) is 106 Å². The summed E-state index contributed by atoms with van der Waals surface area (Å²) in [5.41, 5.74) is 5.82. The highest BCUT2D eigenvalue weighted by atomic mass is 16.5. The first-order valence-electron chi connectivity index (χ1n) is 8.77. The molecular weight excluding hydrogens is 378 g/mol. The molecule has 1 atom stereocenters. The Hall–Kier alpha value is -3.59. The molecule has 2 aromatic rings. The van der Waals surface area contributed by atoms with Gasteiger partial charge in [-0.3, -0.25) is 19.8 Å². The van der Waals surface area contributed by atoms with Crippen LogP contribution >= 0.6 is 0 Å². The number of hydrogen-bond acceptors (Lipinski definition) is 7. The minimum Gasteiger partial charge on any atom is -0.493 e. The van der Waals surface area contributed by atoms with E-state index in [9.17, 15) is 14.4 Å². The van der Waals surface area contributed by atoms with Gasteiger partial charge in [-0.2, -0.15) is 0 Å². The Morgan fingerprint density at radius 3 is 2.17 bits per heavy atom. The lowest BCUT2D eigenvalue weighted by Gasteiger charge is -2.16. The van der Waals surface area contributed by atoms with Crippen molar-refractivity contribution in [1.82, 2.24) is 10.9 Å². The van der Waals surface area contributed by atoms with Crippen molar-refractivity contribution in [3.8, 4) is 17.2 Å². The fraction of sp³-hybridized carbons (Fsp3) is 0.250. The molecule has 0 unspecified atom stereocenters. The van der Waals surface area contributed by atoms with E-state index < -0.39 is 17.9 Å². The van der Waals surface area contributed by atoms with Gasteiger partial charge in [0.25, 0.3) is 11.8 Å². The lowest BCUT2D eigenvalue weighted by molar-refractivity contribution is -0.121. The average molecular weight is 399 g/mol. The van der Waals surface area contributed by atoms with Crippen LogP contribution in [0.2, 0.25) is 0 Å². The summed E-state index contributed by atoms with van der Waals surface area (Å²) >= 11 is 0. The van der Waals surface area contributed by atoms with Crippen molar-refractivity contribution >= 4 is 23.4 Å². The molecule has 3 amide bonds. The van der Waals surface area contributed by atoms with Crippen LogP contribution in [-0.2, 0) is 9.59 Å². The van der Waals surface area contributed by atoms with Crippen LogP contribution in [0.5, 0.6) is 17.2 Å². The van der Waals surface area contributed by atoms with Gasteiger partial charge in [-0.15, -0.1) is 0 Å². The molecule has 9 nitrogen and oxygen atoms in total. The lowest BCUT2D eigenvalue weighted by Crippen LogP contribution is -2.48. The number of nitrogens with one attached hydrogen (secondary N) is 2. The number of ether oxygens (including phenoxy) is 3. The van der Waals surface area contributed by atoms with Gasteiger partial charge in [-0.25, -0.2) is 10.3 Å². The second-order valence-corrected chi connectivity index (χ2v) is 6.17. The third-order valence-corrected chi connectivity index (χ3v) is 4.45. The molecule has 1 aliphatic heterocycles. The van der Waals surface area contributed by atoms with Crippen LogP contribution < -0.4 is 30.0 Å². The molecule has 0 bridgehead atoms. The molecule has 2 aromatic carbocycles. The summed E-state index contributed by atoms with van der Waals surface area (Å²) in [6.07, 6.45) is -0.0662. The van der Waals surface area contributed by atoms with Crippen LogP contribution in [0.25, 0.3) is 0 Å². The van der Waals surface area contributed by atoms with E-state index in [4.69, 9.17) is 14.2 Å². The number of amides is 3. The molecule has 1 saturated heterocycles. The number of rotatable bonds is 7. The molecule has 2 N–H and O–H groups in total. The first-order valence-corrected chi connectivity index (χ1v) is 8.77. The molecule has 29 heavy (non-hydrogen) atoms. The maximum absolute atomic E-state index is 12.6. The Balaban J connectivity index is 1.71. The molecule has 1 aliphatic rings. The van der Waals surface area contributed by atoms with Gasteiger partial charge in [0.15, 0.2) is 11.5 Å². The highest BCUT2D eigenvalue weighted by Gasteiger charge is 2.39. The highest BCUT2D eigenvalue weighted by molar-refractivity contribution is 6.22. The minimum atomic E-state index is -0.867. The number of nitrogens with zero attached hydrogens (tertiary/aromatic N) is 1. The van der Waals surface area contributed by atoms with Gasteiger partial charge in [0.05, 0.1) is 33.4 Å². The number of anilines is 1. The average Bonchev–Trinajstić information content (AvgIpc) is 3.04. The van der Waals surface area contributed by atoms with Crippen molar-refractivity contribution in [3.05, 3.63) is 48.0 Å². The van der Waals surface area contributed by atoms with Crippen LogP contribution in [0.4, 0.5) is 5.69 Å². The molecular formula is C20H21N3O6. The minimum absolute atomic E-state index is 0.0662. The first-order chi connectivity index (χ1) is 14.0. The second kappa shape index (κ2) is 8.61. The van der Waals surface area contributed by atoms with Gasteiger partial charge in [0, 0.05) is 5.56 Å². The smallest absolute Gasteiger partial charge is 0.265 e. The number of para-hydroxylation sites is 1. The standard InChI is InChI=1S/C20H21N3O6/c1-27-15-9-12(10-16(28-2)18(15)29-3)19(25)22-21-14-11-17(24)23(20(14)26)13-7-5-4-6-8-13/h4-10,14,21H,11H2,1-3H3,(H,22,25)/t14-/m0/s1. The molecule has 152 valence electrons. The van der Waals surface area contributed by atoms with Gasteiger partial charge in [-0.05, 0) is 24.3 Å². The molecule has 1 heterocycles. The summed E-state index contributed by atoms with van der Waals surface area (Å²) in [7, 11) is 4.35. The predicted molar refractivity (Wildman–Crippen MR) is 104 cm³/mol. The zero-order chi connectivity index (χ0) is 21.0. The van der Waals surface area contributed by atoms with E-state index in [1.165, 1.54) is 33.5 Å². The molecule has 0 saturated carbocycles. The van der Waals surface area contributed by atoms with Crippen molar-refractivity contribution in [2.45, 2.75) is 12.5 Å². The van der Waals surface area contributed by atoms with Gasteiger partial charge in [0.2, 0.25) is 11.7 Å². The van der Waals surface area contributed by atoms with E-state index in [2.05, 4.69) is 10.9 Å². The second-order valence-electron chi connectivity index (χ2n) is 6.17. The number of imide groups is 1. The summed E-state index contributed by atoms with van der Waals surface area (Å²) in [6, 6.07) is 10.7. The van der Waals surface area contributed by atoms with E-state index in [1.54, 1.807) is 30.3 Å². The van der Waals surface area contributed by atoms with E-state index in [-0.39, 0.29) is 17.9 Å². The summed E-state index contributed by atoms with van der Waals surface area (Å²) < 4.78 is 15.7. The van der Waals surface area contributed by atoms with Gasteiger partial charge < -0.3 is 14.2 Å². The fourth-order valence-corrected chi connectivity index (χ4v) is 3.03. The molecule has 0 spiro atoms. The normalized spacial score (nSPS) is 16.0. The largest absolute Gasteiger partial charge is 0.493 e. The number of carbonyl (C=O) groups is 3. The summed E-state index contributed by atoms with van der Waals surface area (Å²) in [6.45, 7) is 0. The number of benzene rings is 2. The molecule has 9 heteroatoms. The first kappa shape index (κ1) is 20.2. The number of hydrogen-bond donors (Lipinski definition) is 2. The van der Waals surface area contributed by atoms with E-state index in [0.717, 1.165) is 4.90 Å². The Labute approximate surface area is 167 Å². The third kappa shape index (κ3) is 3.99. The Kier molecular flexibility index (Phi) is 5.99. The number of hydrazine groups is 1. The summed E-state index contributed by atoms with van der Waals surface area (Å²) in [5.74, 6) is -0.317. The van der Waals surface area contributed by atoms with Gasteiger partial charge in [0.1, 0.15) is 6.04 Å². The summed E-state index contributed by atoms with van der Waals surface area (Å²) in [4.78, 5) is 38.5. The van der Waals surface area contributed by atoms with Crippen molar-refractivity contribution < 1.29 is 28.6 Å². The van der Waals surface area contributed by atoms with E-state index in [1.807, 2.05) is 0 Å². The summed E-state index contributed by atoms with van der Waals surface area (Å²) in [5, 5.41) is 0. The molecule has 1 fully saturated rings. The quantitative estimate of drug-likeness (QED) is 0.534. The SMILES string of the molecule is COc1cc(C(=O)NN[C@H]2CC(=O)N(c3ccccc3)C2=O)cc(OC)c1OC. The number of carbonyl (C=O) groups excluding carboxylic acids is 3. The van der Waals surface area contributed by atoms with Crippen molar-refractivity contribution in [3.63, 3.8) is 0 Å². The zero-order valence-corrected chi connectivity index (χ0v) is 16.2. The third-order valence-electron chi connectivity index (χ3n) is 4.45. The molecule has 3 rings (SSSR count). The maximum atomic E-state index is 12.6. The fourth-order valence-electron chi connectivity index (χ4n) is 3.03. The number of methoxy groups -OCH3 is 3. The molecule has 0 aromatic heterocycles. The van der Waals surface area contributed by atoms with E-state index in [0.29, 0.717) is 22.9 Å². The van der Waals surface area contributed by atoms with Crippen molar-refractivity contribution in [2.24, 2.45) is 0 Å². The Bertz CT molecular complexity index is 906. The predicted octanol–water partition coefficient (Wildman–Crippen LogP) is 1.28. The van der Waals surface area contributed by atoms with Crippen LogP contribution in [-0.4, -0.2) is 45.1 Å². The van der Waals surface area contributed by atoms with Gasteiger partial charge in [-0.1, -0.05) is 18.2 Å². The highest BCUT2D eigenvalue weighted by Crippen LogP contribution is 2.38. The maximum Gasteiger partial charge on any atom is 0.265 e. The zero-order valence-electron chi connectivity index (χ0n) is 16.2. The lowest BCUT2D eigenvalue weighted by atomic mass is 10.1. The van der Waals surface area contributed by atoms with Crippen molar-refractivity contribution in [2.75, 3.05) is 26.2 Å². The monoisotopic (exact) mass is 399 g/mol. The molecule has 0 aliphatic carbocycles. The van der Waals surface area contributed by atoms with Gasteiger partial charge >= 0.3 is 0 Å². The molecule has 0 radical (unpaired) electrons. The van der Waals surface area contributed by atoms with Crippen LogP contribution in [0.1, 0.15) is 16.8 Å². The van der Waals surface area contributed by atoms with Crippen molar-refractivity contribution in [1.29, 1.82) is 0 Å². The van der Waals surface area contributed by atoms with Crippen LogP contribution in [0.15, 0.2) is 42.5 Å². The Morgan fingerprint density at radius 2 is 1.62 bits per heavy atom.